The van der Waals surface area contributed by atoms with Gasteiger partial charge in [0.1, 0.15) is 17.8 Å². The molecule has 5 rings (SSSR count). The lowest BCUT2D eigenvalue weighted by Crippen LogP contribution is -2.32. The van der Waals surface area contributed by atoms with Crippen LogP contribution < -0.4 is 10.1 Å². The monoisotopic (exact) mass is 437 g/mol. The molecule has 0 bridgehead atoms. The number of likely N-dealkylation sites (N-methyl/N-ethyl adjacent to an activating group) is 1. The van der Waals surface area contributed by atoms with Gasteiger partial charge in [-0.15, -0.1) is 10.2 Å². The number of aromatic nitrogens is 4. The molecular formula is C24H28ClN5O. The van der Waals surface area contributed by atoms with Crippen molar-refractivity contribution in [1.82, 2.24) is 25.1 Å². The van der Waals surface area contributed by atoms with Crippen molar-refractivity contribution in [1.29, 1.82) is 0 Å². The minimum Gasteiger partial charge on any atom is -0.474 e. The van der Waals surface area contributed by atoms with Crippen LogP contribution in [0, 0.1) is 0 Å². The number of hydrogen-bond donors (Lipinski definition) is 1. The minimum atomic E-state index is 0.210. The van der Waals surface area contributed by atoms with E-state index in [9.17, 15) is 0 Å². The maximum absolute atomic E-state index is 6.35. The zero-order chi connectivity index (χ0) is 21.2. The third-order valence-electron chi connectivity index (χ3n) is 6.39. The van der Waals surface area contributed by atoms with E-state index in [2.05, 4.69) is 44.1 Å². The molecule has 0 amide bonds. The molecule has 1 fully saturated rings. The summed E-state index contributed by atoms with van der Waals surface area (Å²) in [4.78, 5) is 4.30. The Morgan fingerprint density at radius 1 is 1.10 bits per heavy atom. The molecular weight excluding hydrogens is 410 g/mol. The first-order valence-electron chi connectivity index (χ1n) is 11.2. The van der Waals surface area contributed by atoms with Crippen LogP contribution in [0.5, 0.6) is 5.88 Å². The molecule has 7 heteroatoms. The Morgan fingerprint density at radius 2 is 1.97 bits per heavy atom. The van der Waals surface area contributed by atoms with Gasteiger partial charge in [-0.05, 0) is 68.5 Å². The van der Waals surface area contributed by atoms with E-state index in [1.807, 2.05) is 24.3 Å². The summed E-state index contributed by atoms with van der Waals surface area (Å²) in [5, 5.41) is 13.7. The van der Waals surface area contributed by atoms with Crippen molar-refractivity contribution in [3.63, 3.8) is 0 Å². The van der Waals surface area contributed by atoms with E-state index in [4.69, 9.17) is 16.3 Å². The fourth-order valence-electron chi connectivity index (χ4n) is 4.94. The van der Waals surface area contributed by atoms with Gasteiger partial charge in [0, 0.05) is 35.7 Å². The number of nitrogens with zero attached hydrogens (tertiary/aromatic N) is 4. The second kappa shape index (κ2) is 8.97. The van der Waals surface area contributed by atoms with Gasteiger partial charge in [0.05, 0.1) is 5.69 Å². The van der Waals surface area contributed by atoms with E-state index >= 15 is 0 Å². The normalized spacial score (nSPS) is 23.0. The molecule has 1 atom stereocenters. The summed E-state index contributed by atoms with van der Waals surface area (Å²) < 4.78 is 8.39. The van der Waals surface area contributed by atoms with Gasteiger partial charge < -0.3 is 10.1 Å². The van der Waals surface area contributed by atoms with Gasteiger partial charge in [0.2, 0.25) is 5.88 Å². The van der Waals surface area contributed by atoms with E-state index in [1.165, 1.54) is 11.3 Å². The fourth-order valence-corrected chi connectivity index (χ4v) is 5.14. The molecule has 3 heterocycles. The van der Waals surface area contributed by atoms with Crippen LogP contribution in [0.3, 0.4) is 0 Å². The average Bonchev–Trinajstić information content (AvgIpc) is 3.12. The standard InChI is InChI=1S/C24H28ClN5O/c1-2-26-19-14-17-13-18(25)8-11-21(17)30-22(15-19)28-29-24(30)16-6-9-20(10-7-16)31-23-5-3-4-12-27-23/h3-5,8,11-13,16,19-20,26H,2,6-7,9-10,14-15H2,1H3. The van der Waals surface area contributed by atoms with Crippen LogP contribution in [0.25, 0.3) is 5.69 Å². The summed E-state index contributed by atoms with van der Waals surface area (Å²) in [6, 6.07) is 12.3. The molecule has 0 saturated heterocycles. The molecule has 1 aliphatic carbocycles. The Kier molecular flexibility index (Phi) is 5.92. The number of fused-ring (bicyclic) bond motifs is 3. The highest BCUT2D eigenvalue weighted by Crippen LogP contribution is 2.36. The molecule has 1 aliphatic heterocycles. The van der Waals surface area contributed by atoms with Crippen molar-refractivity contribution in [2.75, 3.05) is 6.54 Å². The summed E-state index contributed by atoms with van der Waals surface area (Å²) in [5.41, 5.74) is 2.43. The quantitative estimate of drug-likeness (QED) is 0.636. The lowest BCUT2D eigenvalue weighted by Gasteiger charge is -2.28. The molecule has 31 heavy (non-hydrogen) atoms. The molecule has 3 aromatic rings. The van der Waals surface area contributed by atoms with Gasteiger partial charge in [0.15, 0.2) is 0 Å². The molecule has 1 aromatic carbocycles. The number of rotatable bonds is 5. The molecule has 0 radical (unpaired) electrons. The van der Waals surface area contributed by atoms with E-state index in [-0.39, 0.29) is 6.10 Å². The molecule has 2 aromatic heterocycles. The third kappa shape index (κ3) is 4.32. The SMILES string of the molecule is CCNC1Cc2cc(Cl)ccc2-n2c(nnc2C2CCC(Oc3ccccn3)CC2)C1. The van der Waals surface area contributed by atoms with E-state index in [1.54, 1.807) is 6.20 Å². The van der Waals surface area contributed by atoms with Crippen molar-refractivity contribution in [3.05, 3.63) is 64.8 Å². The zero-order valence-electron chi connectivity index (χ0n) is 17.8. The smallest absolute Gasteiger partial charge is 0.213 e. The van der Waals surface area contributed by atoms with Crippen LogP contribution in [-0.2, 0) is 12.8 Å². The highest BCUT2D eigenvalue weighted by atomic mass is 35.5. The number of halogens is 1. The van der Waals surface area contributed by atoms with Gasteiger partial charge in [-0.1, -0.05) is 24.6 Å². The minimum absolute atomic E-state index is 0.210. The van der Waals surface area contributed by atoms with Crippen LogP contribution in [0.4, 0.5) is 0 Å². The highest BCUT2D eigenvalue weighted by Gasteiger charge is 2.31. The number of nitrogens with one attached hydrogen (secondary N) is 1. The van der Waals surface area contributed by atoms with Crippen LogP contribution in [0.2, 0.25) is 5.02 Å². The predicted molar refractivity (Wildman–Crippen MR) is 121 cm³/mol. The van der Waals surface area contributed by atoms with E-state index < -0.39 is 0 Å². The van der Waals surface area contributed by atoms with Crippen molar-refractivity contribution >= 4 is 11.6 Å². The van der Waals surface area contributed by atoms with E-state index in [0.717, 1.165) is 61.7 Å². The summed E-state index contributed by atoms with van der Waals surface area (Å²) in [5.74, 6) is 3.20. The third-order valence-corrected chi connectivity index (χ3v) is 6.63. The first-order valence-corrected chi connectivity index (χ1v) is 11.6. The summed E-state index contributed by atoms with van der Waals surface area (Å²) >= 11 is 6.35. The molecule has 1 unspecified atom stereocenters. The summed E-state index contributed by atoms with van der Waals surface area (Å²) in [7, 11) is 0. The summed E-state index contributed by atoms with van der Waals surface area (Å²) in [6.07, 6.45) is 7.86. The molecule has 6 nitrogen and oxygen atoms in total. The van der Waals surface area contributed by atoms with Crippen LogP contribution >= 0.6 is 11.6 Å². The fraction of sp³-hybridized carbons (Fsp3) is 0.458. The van der Waals surface area contributed by atoms with Crippen molar-refractivity contribution in [2.45, 2.75) is 63.5 Å². The van der Waals surface area contributed by atoms with Gasteiger partial charge in [-0.3, -0.25) is 4.57 Å². The zero-order valence-corrected chi connectivity index (χ0v) is 18.6. The molecule has 162 valence electrons. The Balaban J connectivity index is 1.39. The lowest BCUT2D eigenvalue weighted by molar-refractivity contribution is 0.139. The van der Waals surface area contributed by atoms with Crippen molar-refractivity contribution in [3.8, 4) is 11.6 Å². The van der Waals surface area contributed by atoms with Crippen LogP contribution in [0.15, 0.2) is 42.6 Å². The molecule has 1 N–H and O–H groups in total. The number of benzene rings is 1. The van der Waals surface area contributed by atoms with Gasteiger partial charge in [0.25, 0.3) is 0 Å². The first kappa shape index (κ1) is 20.5. The summed E-state index contributed by atoms with van der Waals surface area (Å²) in [6.45, 7) is 3.08. The van der Waals surface area contributed by atoms with Gasteiger partial charge >= 0.3 is 0 Å². The lowest BCUT2D eigenvalue weighted by atomic mass is 9.86. The number of pyridine rings is 1. The van der Waals surface area contributed by atoms with Crippen LogP contribution in [0.1, 0.15) is 55.7 Å². The predicted octanol–water partition coefficient (Wildman–Crippen LogP) is 4.50. The van der Waals surface area contributed by atoms with Crippen LogP contribution in [-0.4, -0.2) is 38.4 Å². The first-order chi connectivity index (χ1) is 15.2. The molecule has 2 aliphatic rings. The maximum Gasteiger partial charge on any atom is 0.213 e. The average molecular weight is 438 g/mol. The molecule has 1 saturated carbocycles. The Hall–Kier alpha value is -2.44. The Morgan fingerprint density at radius 3 is 2.74 bits per heavy atom. The van der Waals surface area contributed by atoms with E-state index in [0.29, 0.717) is 17.8 Å². The van der Waals surface area contributed by atoms with Crippen molar-refractivity contribution in [2.24, 2.45) is 0 Å². The topological polar surface area (TPSA) is 64.9 Å². The second-order valence-electron chi connectivity index (χ2n) is 8.51. The number of hydrogen-bond acceptors (Lipinski definition) is 5. The van der Waals surface area contributed by atoms with Gasteiger partial charge in [-0.25, -0.2) is 4.98 Å². The van der Waals surface area contributed by atoms with Crippen molar-refractivity contribution < 1.29 is 4.74 Å². The largest absolute Gasteiger partial charge is 0.474 e. The molecule has 0 spiro atoms. The Labute approximate surface area is 188 Å². The van der Waals surface area contributed by atoms with Gasteiger partial charge in [-0.2, -0.15) is 0 Å². The highest BCUT2D eigenvalue weighted by molar-refractivity contribution is 6.30. The number of ether oxygens (including phenoxy) is 1. The second-order valence-corrected chi connectivity index (χ2v) is 8.94. The Bertz CT molecular complexity index is 1030. The maximum atomic E-state index is 6.35.